The van der Waals surface area contributed by atoms with Crippen LogP contribution in [-0.4, -0.2) is 81.4 Å². The van der Waals surface area contributed by atoms with E-state index in [1.54, 1.807) is 20.4 Å². The van der Waals surface area contributed by atoms with Gasteiger partial charge in [-0.15, -0.1) is 0 Å². The first-order valence-corrected chi connectivity index (χ1v) is 18.9. The Morgan fingerprint density at radius 3 is 2.28 bits per heavy atom. The monoisotopic (exact) mass is 580 g/mol. The first kappa shape index (κ1) is 30.5. The van der Waals surface area contributed by atoms with Gasteiger partial charge in [0, 0.05) is 7.11 Å². The number of hydrogen-bond acceptors (Lipinski definition) is 8. The van der Waals surface area contributed by atoms with Crippen molar-refractivity contribution in [3.8, 4) is 0 Å². The van der Waals surface area contributed by atoms with Gasteiger partial charge in [0.25, 0.3) is 5.56 Å². The molecule has 0 bridgehead atoms. The molecule has 4 rings (SSSR count). The number of nitrogens with zero attached hydrogens (tertiary/aromatic N) is 3. The van der Waals surface area contributed by atoms with Crippen LogP contribution < -0.4 is 5.56 Å². The van der Waals surface area contributed by atoms with E-state index < -0.39 is 29.0 Å². The van der Waals surface area contributed by atoms with Gasteiger partial charge in [0.2, 0.25) is 0 Å². The summed E-state index contributed by atoms with van der Waals surface area (Å²) in [5, 5.41) is 0. The van der Waals surface area contributed by atoms with Gasteiger partial charge in [-0.25, -0.2) is 9.97 Å². The summed E-state index contributed by atoms with van der Waals surface area (Å²) < 4.78 is 35.0. The number of ether oxygens (including phenoxy) is 3. The molecule has 0 aliphatic carbocycles. The van der Waals surface area contributed by atoms with Crippen LogP contribution in [0.4, 0.5) is 0 Å². The topological polar surface area (TPSA) is 110 Å². The third-order valence-corrected chi connectivity index (χ3v) is 22.7. The molecule has 2 aromatic heterocycles. The lowest BCUT2D eigenvalue weighted by Crippen LogP contribution is -2.63. The normalized spacial score (nSPS) is 27.0. The quantitative estimate of drug-likeness (QED) is 0.331. The van der Waals surface area contributed by atoms with E-state index in [1.807, 2.05) is 4.57 Å². The Hall–Kier alpha value is -1.42. The second kappa shape index (κ2) is 11.8. The van der Waals surface area contributed by atoms with Gasteiger partial charge in [0.1, 0.15) is 24.1 Å². The molecular formula is C27H48N4O6Si2. The van der Waals surface area contributed by atoms with Crippen molar-refractivity contribution in [2.75, 3.05) is 26.9 Å². The number of imidazole rings is 1. The van der Waals surface area contributed by atoms with Gasteiger partial charge in [0.15, 0.2) is 34.0 Å². The number of rotatable bonds is 9. The van der Waals surface area contributed by atoms with Crippen LogP contribution >= 0.6 is 0 Å². The zero-order valence-corrected chi connectivity index (χ0v) is 27.3. The molecule has 4 atom stereocenters. The van der Waals surface area contributed by atoms with Gasteiger partial charge in [-0.05, 0) is 34.8 Å². The van der Waals surface area contributed by atoms with E-state index in [-0.39, 0.29) is 23.3 Å². The Balaban J connectivity index is 1.84. The molecule has 10 nitrogen and oxygen atoms in total. The van der Waals surface area contributed by atoms with E-state index in [1.165, 1.54) is 0 Å². The fourth-order valence-corrected chi connectivity index (χ4v) is 22.5. The van der Waals surface area contributed by atoms with Crippen molar-refractivity contribution in [2.45, 2.75) is 115 Å². The predicted molar refractivity (Wildman–Crippen MR) is 156 cm³/mol. The van der Waals surface area contributed by atoms with Crippen molar-refractivity contribution in [3.63, 3.8) is 0 Å². The maximum atomic E-state index is 12.6. The van der Waals surface area contributed by atoms with Crippen LogP contribution in [-0.2, 0) is 23.1 Å². The van der Waals surface area contributed by atoms with Crippen LogP contribution in [0.15, 0.2) is 11.1 Å². The number of H-pyrrole nitrogens is 1. The fraction of sp³-hybridized carbons (Fsp3) is 0.815. The van der Waals surface area contributed by atoms with E-state index in [0.29, 0.717) is 53.5 Å². The molecule has 0 saturated carbocycles. The Morgan fingerprint density at radius 2 is 1.69 bits per heavy atom. The minimum atomic E-state index is -2.39. The largest absolute Gasteiger partial charge is 0.414 e. The zero-order chi connectivity index (χ0) is 28.7. The highest BCUT2D eigenvalue weighted by Gasteiger charge is 2.60. The molecule has 2 unspecified atom stereocenters. The molecular weight excluding hydrogens is 532 g/mol. The molecule has 39 heavy (non-hydrogen) atoms. The molecule has 12 heteroatoms. The third-order valence-electron chi connectivity index (χ3n) is 9.04. The van der Waals surface area contributed by atoms with Crippen molar-refractivity contribution in [3.05, 3.63) is 22.5 Å². The molecule has 1 N–H and O–H groups in total. The Kier molecular flexibility index (Phi) is 9.26. The Bertz CT molecular complexity index is 1170. The number of nitrogens with one attached hydrogen (secondary N) is 1. The summed E-state index contributed by atoms with van der Waals surface area (Å²) in [6.45, 7) is 21.6. The Labute approximate surface area is 234 Å². The number of fused-ring (bicyclic) bond motifs is 2. The van der Waals surface area contributed by atoms with E-state index >= 15 is 0 Å². The summed E-state index contributed by atoms with van der Waals surface area (Å²) in [5.74, 6) is 0.519. The third kappa shape index (κ3) is 5.45. The van der Waals surface area contributed by atoms with E-state index in [2.05, 4.69) is 70.3 Å². The molecule has 0 radical (unpaired) electrons. The highest BCUT2D eigenvalue weighted by molar-refractivity contribution is 6.94. The highest BCUT2D eigenvalue weighted by Crippen LogP contribution is 2.51. The first-order chi connectivity index (χ1) is 18.4. The second-order valence-corrected chi connectivity index (χ2v) is 22.8. The Morgan fingerprint density at radius 1 is 1.05 bits per heavy atom. The minimum absolute atomic E-state index is 0.271. The molecule has 2 aliphatic rings. The first-order valence-electron chi connectivity index (χ1n) is 14.4. The van der Waals surface area contributed by atoms with Crippen LogP contribution in [0.5, 0.6) is 0 Å². The summed E-state index contributed by atoms with van der Waals surface area (Å²) in [7, 11) is -2.95. The highest BCUT2D eigenvalue weighted by atomic mass is 28.4. The van der Waals surface area contributed by atoms with Gasteiger partial charge in [-0.2, -0.15) is 0 Å². The van der Waals surface area contributed by atoms with Gasteiger partial charge < -0.3 is 28.0 Å². The van der Waals surface area contributed by atoms with Gasteiger partial charge >= 0.3 is 0 Å². The van der Waals surface area contributed by atoms with E-state index in [4.69, 9.17) is 23.1 Å². The van der Waals surface area contributed by atoms with Crippen LogP contribution in [0.1, 0.15) is 67.4 Å². The minimum Gasteiger partial charge on any atom is -0.414 e. The summed E-state index contributed by atoms with van der Waals surface area (Å²) in [5.41, 5.74) is 3.20. The van der Waals surface area contributed by atoms with Gasteiger partial charge in [-0.3, -0.25) is 9.36 Å². The molecule has 2 aliphatic heterocycles. The summed E-state index contributed by atoms with van der Waals surface area (Å²) in [6, 6.07) is 0. The molecule has 2 saturated heterocycles. The number of aryl methyl sites for hydroxylation is 1. The van der Waals surface area contributed by atoms with Gasteiger partial charge in [-0.1, -0.05) is 55.4 Å². The number of hydrogen-bond donors (Lipinski definition) is 1. The summed E-state index contributed by atoms with van der Waals surface area (Å²) in [6.07, 6.45) is -0.0329. The standard InChI is InChI=1S/C27H48N4O6Si2/c1-16(2)38(17(3)4)15-39(18(5)6,19(7)8)37-23-21(13-35-38)36-27(24(23)34-12-11-33-10)31-14-28-22-25(31)29-20(9)30-26(22)32/h14,16-19,21,23-24,27H,11-13,15H2,1-10H3,(H,29,30,32)/t21-,23?,24?,27-/m1/s1. The molecule has 0 spiro atoms. The summed E-state index contributed by atoms with van der Waals surface area (Å²) >= 11 is 0. The maximum Gasteiger partial charge on any atom is 0.279 e. The van der Waals surface area contributed by atoms with Crippen molar-refractivity contribution in [1.29, 1.82) is 0 Å². The van der Waals surface area contributed by atoms with Gasteiger partial charge in [0.05, 0.1) is 26.1 Å². The predicted octanol–water partition coefficient (Wildman–Crippen LogP) is 4.84. The second-order valence-electron chi connectivity index (χ2n) is 12.5. The van der Waals surface area contributed by atoms with E-state index in [0.717, 1.165) is 5.67 Å². The average Bonchev–Trinajstić information content (AvgIpc) is 3.39. The fourth-order valence-electron chi connectivity index (χ4n) is 6.65. The molecule has 220 valence electrons. The van der Waals surface area contributed by atoms with Crippen LogP contribution in [0.3, 0.4) is 0 Å². The van der Waals surface area contributed by atoms with E-state index in [9.17, 15) is 4.79 Å². The lowest BCUT2D eigenvalue weighted by atomic mass is 10.1. The molecule has 0 aromatic carbocycles. The van der Waals surface area contributed by atoms with Crippen LogP contribution in [0.2, 0.25) is 27.8 Å². The zero-order valence-electron chi connectivity index (χ0n) is 25.3. The van der Waals surface area contributed by atoms with Crippen molar-refractivity contribution < 1.29 is 23.1 Å². The van der Waals surface area contributed by atoms with Crippen molar-refractivity contribution >= 4 is 27.8 Å². The van der Waals surface area contributed by atoms with Crippen LogP contribution in [0, 0.1) is 6.92 Å². The van der Waals surface area contributed by atoms with Crippen molar-refractivity contribution in [2.24, 2.45) is 0 Å². The number of methoxy groups -OCH3 is 1. The smallest absolute Gasteiger partial charge is 0.279 e. The summed E-state index contributed by atoms with van der Waals surface area (Å²) in [4.78, 5) is 24.3. The SMILES string of the molecule is COCCOC1C2O[Si](C(C)C)(C(C)C)C[Si](C(C)C)(C(C)C)OC[C@H]2O[C@H]1n1cnc2c(=O)[nH]c(C)nc21. The number of aromatic amines is 1. The maximum absolute atomic E-state index is 12.6. The molecule has 2 fully saturated rings. The molecule has 2 aromatic rings. The average molecular weight is 581 g/mol. The molecule has 4 heterocycles. The van der Waals surface area contributed by atoms with Crippen molar-refractivity contribution in [1.82, 2.24) is 19.5 Å². The lowest BCUT2D eigenvalue weighted by molar-refractivity contribution is -0.0771. The van der Waals surface area contributed by atoms with Crippen LogP contribution in [0.25, 0.3) is 11.2 Å². The lowest BCUT2D eigenvalue weighted by Gasteiger charge is -2.52. The molecule has 0 amide bonds. The number of aromatic nitrogens is 4.